The lowest BCUT2D eigenvalue weighted by atomic mass is 10.5. The third-order valence-corrected chi connectivity index (χ3v) is 3.48. The highest BCUT2D eigenvalue weighted by Gasteiger charge is 2.04. The summed E-state index contributed by atoms with van der Waals surface area (Å²) in [4.78, 5) is 0. The van der Waals surface area contributed by atoms with E-state index >= 15 is 0 Å². The van der Waals surface area contributed by atoms with E-state index in [1.54, 1.807) is 0 Å². The van der Waals surface area contributed by atoms with Crippen molar-refractivity contribution in [3.63, 3.8) is 0 Å². The van der Waals surface area contributed by atoms with Crippen LogP contribution in [-0.4, -0.2) is 43.1 Å². The summed E-state index contributed by atoms with van der Waals surface area (Å²) in [7, 11) is -2.83. The monoisotopic (exact) mass is 198 g/mol. The van der Waals surface area contributed by atoms with Crippen molar-refractivity contribution in [3.8, 4) is 0 Å². The first-order chi connectivity index (χ1) is 4.95. The van der Waals surface area contributed by atoms with Crippen LogP contribution in [0.4, 0.5) is 0 Å². The molecule has 0 radical (unpaired) electrons. The molecule has 0 aliphatic rings. The van der Waals surface area contributed by atoms with Crippen molar-refractivity contribution in [1.82, 2.24) is 0 Å². The van der Waals surface area contributed by atoms with Crippen molar-refractivity contribution in [3.05, 3.63) is 0 Å². The minimum Gasteiger partial charge on any atom is -0.395 e. The molecule has 0 aromatic carbocycles. The summed E-state index contributed by atoms with van der Waals surface area (Å²) >= 11 is 1.47. The van der Waals surface area contributed by atoms with Crippen LogP contribution in [0.5, 0.6) is 0 Å². The Balaban J connectivity index is 3.43. The molecule has 1 atom stereocenters. The highest BCUT2D eigenvalue weighted by molar-refractivity contribution is 8.01. The lowest BCUT2D eigenvalue weighted by Crippen LogP contribution is -2.09. The summed E-state index contributed by atoms with van der Waals surface area (Å²) in [6.45, 7) is 1.97. The second-order valence-corrected chi connectivity index (χ2v) is 6.30. The van der Waals surface area contributed by atoms with Gasteiger partial charge in [0.15, 0.2) is 0 Å². The fourth-order valence-electron chi connectivity index (χ4n) is 0.453. The summed E-state index contributed by atoms with van der Waals surface area (Å²) in [5.41, 5.74) is 0. The van der Waals surface area contributed by atoms with Gasteiger partial charge in [-0.25, -0.2) is 8.42 Å². The fourth-order valence-corrected chi connectivity index (χ4v) is 2.56. The molecule has 0 aliphatic carbocycles. The van der Waals surface area contributed by atoms with E-state index in [9.17, 15) is 8.42 Å². The Kier molecular flexibility index (Phi) is 5.12. The van der Waals surface area contributed by atoms with Crippen molar-refractivity contribution in [2.45, 2.75) is 12.2 Å². The Morgan fingerprint density at radius 2 is 2.09 bits per heavy atom. The normalized spacial score (nSPS) is 14.8. The van der Waals surface area contributed by atoms with Crippen LogP contribution in [0.3, 0.4) is 0 Å². The molecule has 0 heterocycles. The zero-order chi connectivity index (χ0) is 8.91. The lowest BCUT2D eigenvalue weighted by molar-refractivity contribution is 0.300. The third-order valence-electron chi connectivity index (χ3n) is 1.11. The summed E-state index contributed by atoms with van der Waals surface area (Å²) in [5.74, 6) is 0.766. The smallest absolute Gasteiger partial charge is 0.148 e. The Morgan fingerprint density at radius 1 is 1.55 bits per heavy atom. The van der Waals surface area contributed by atoms with Crippen LogP contribution in [0.25, 0.3) is 0 Å². The first-order valence-corrected chi connectivity index (χ1v) is 6.47. The van der Waals surface area contributed by atoms with Gasteiger partial charge in [-0.2, -0.15) is 11.8 Å². The molecular formula is C6H14O3S2. The maximum Gasteiger partial charge on any atom is 0.148 e. The largest absolute Gasteiger partial charge is 0.395 e. The molecular weight excluding hydrogens is 184 g/mol. The number of sulfone groups is 1. The van der Waals surface area contributed by atoms with E-state index < -0.39 is 9.84 Å². The molecule has 0 spiro atoms. The average molecular weight is 198 g/mol. The van der Waals surface area contributed by atoms with Gasteiger partial charge in [-0.15, -0.1) is 0 Å². The molecule has 11 heavy (non-hydrogen) atoms. The lowest BCUT2D eigenvalue weighted by Gasteiger charge is -2.05. The van der Waals surface area contributed by atoms with Crippen molar-refractivity contribution < 1.29 is 13.5 Å². The predicted molar refractivity (Wildman–Crippen MR) is 48.7 cm³/mol. The predicted octanol–water partition coefficient (Wildman–Crippen LogP) is 0.145. The van der Waals surface area contributed by atoms with Gasteiger partial charge in [-0.1, -0.05) is 6.92 Å². The number of aliphatic hydroxyl groups excluding tert-OH is 1. The Bertz CT molecular complexity index is 186. The van der Waals surface area contributed by atoms with E-state index in [0.29, 0.717) is 5.75 Å². The molecule has 0 fully saturated rings. The van der Waals surface area contributed by atoms with E-state index in [-0.39, 0.29) is 17.6 Å². The molecule has 1 N–H and O–H groups in total. The van der Waals surface area contributed by atoms with E-state index in [0.717, 1.165) is 0 Å². The highest BCUT2D eigenvalue weighted by Crippen LogP contribution is 2.09. The number of thioether (sulfide) groups is 1. The molecule has 0 saturated heterocycles. The van der Waals surface area contributed by atoms with Gasteiger partial charge in [0.2, 0.25) is 0 Å². The number of rotatable bonds is 5. The van der Waals surface area contributed by atoms with E-state index in [1.165, 1.54) is 18.0 Å². The molecule has 0 aromatic heterocycles. The van der Waals surface area contributed by atoms with E-state index in [4.69, 9.17) is 5.11 Å². The third kappa shape index (κ3) is 8.16. The topological polar surface area (TPSA) is 54.4 Å². The summed E-state index contributed by atoms with van der Waals surface area (Å²) in [5, 5.41) is 8.73. The first kappa shape index (κ1) is 11.3. The van der Waals surface area contributed by atoms with Crippen LogP contribution in [-0.2, 0) is 9.84 Å². The molecule has 0 bridgehead atoms. The molecule has 0 rings (SSSR count). The number of hydrogen-bond acceptors (Lipinski definition) is 4. The second kappa shape index (κ2) is 5.00. The number of aliphatic hydroxyl groups is 1. The van der Waals surface area contributed by atoms with Crippen LogP contribution in [0, 0.1) is 0 Å². The minimum absolute atomic E-state index is 0.106. The van der Waals surface area contributed by atoms with Gasteiger partial charge in [0, 0.05) is 17.3 Å². The van der Waals surface area contributed by atoms with Gasteiger partial charge < -0.3 is 5.11 Å². The molecule has 0 aliphatic heterocycles. The van der Waals surface area contributed by atoms with Crippen molar-refractivity contribution >= 4 is 21.6 Å². The van der Waals surface area contributed by atoms with Crippen LogP contribution in [0.15, 0.2) is 0 Å². The Hall–Kier alpha value is 0.260. The maximum atomic E-state index is 10.6. The van der Waals surface area contributed by atoms with Gasteiger partial charge in [0.1, 0.15) is 9.84 Å². The summed E-state index contributed by atoms with van der Waals surface area (Å²) in [6, 6.07) is 0. The molecule has 0 saturated carbocycles. The van der Waals surface area contributed by atoms with Gasteiger partial charge in [-0.05, 0) is 0 Å². The maximum absolute atomic E-state index is 10.6. The van der Waals surface area contributed by atoms with Crippen LogP contribution >= 0.6 is 11.8 Å². The molecule has 68 valence electrons. The quantitative estimate of drug-likeness (QED) is 0.683. The van der Waals surface area contributed by atoms with Gasteiger partial charge in [-0.3, -0.25) is 0 Å². The minimum atomic E-state index is -2.83. The van der Waals surface area contributed by atoms with Gasteiger partial charge in [0.05, 0.1) is 12.4 Å². The van der Waals surface area contributed by atoms with Gasteiger partial charge >= 0.3 is 0 Å². The zero-order valence-electron chi connectivity index (χ0n) is 6.78. The van der Waals surface area contributed by atoms with E-state index in [2.05, 4.69) is 0 Å². The van der Waals surface area contributed by atoms with E-state index in [1.807, 2.05) is 6.92 Å². The Labute approximate surface area is 72.1 Å². The van der Waals surface area contributed by atoms with Crippen molar-refractivity contribution in [1.29, 1.82) is 0 Å². The van der Waals surface area contributed by atoms with Crippen LogP contribution < -0.4 is 0 Å². The highest BCUT2D eigenvalue weighted by atomic mass is 32.2. The average Bonchev–Trinajstić information content (AvgIpc) is 1.85. The van der Waals surface area contributed by atoms with Gasteiger partial charge in [0.25, 0.3) is 0 Å². The fraction of sp³-hybridized carbons (Fsp3) is 1.00. The molecule has 5 heteroatoms. The van der Waals surface area contributed by atoms with Crippen LogP contribution in [0.2, 0.25) is 0 Å². The van der Waals surface area contributed by atoms with Crippen molar-refractivity contribution in [2.75, 3.05) is 24.4 Å². The SMILES string of the molecule is CC(CO)SCCS(C)(=O)=O. The molecule has 3 nitrogen and oxygen atoms in total. The number of hydrogen-bond donors (Lipinski definition) is 1. The van der Waals surface area contributed by atoms with Crippen molar-refractivity contribution in [2.24, 2.45) is 0 Å². The zero-order valence-corrected chi connectivity index (χ0v) is 8.41. The molecule has 0 amide bonds. The molecule has 1 unspecified atom stereocenters. The Morgan fingerprint density at radius 3 is 2.45 bits per heavy atom. The molecule has 0 aromatic rings. The summed E-state index contributed by atoms with van der Waals surface area (Å²) in [6.07, 6.45) is 1.22. The second-order valence-electron chi connectivity index (χ2n) is 2.49. The first-order valence-electron chi connectivity index (χ1n) is 3.36. The van der Waals surface area contributed by atoms with Crippen LogP contribution in [0.1, 0.15) is 6.92 Å². The summed E-state index contributed by atoms with van der Waals surface area (Å²) < 4.78 is 21.3. The standard InChI is InChI=1S/C6H14O3S2/c1-6(5-7)10-3-4-11(2,8)9/h6-7H,3-5H2,1-2H3.